The lowest BCUT2D eigenvalue weighted by Crippen LogP contribution is -2.12. The monoisotopic (exact) mass is 383 g/mol. The van der Waals surface area contributed by atoms with Crippen LogP contribution in [0.4, 0.5) is 5.00 Å². The third-order valence-electron chi connectivity index (χ3n) is 4.64. The van der Waals surface area contributed by atoms with Crippen molar-refractivity contribution in [3.8, 4) is 11.1 Å². The lowest BCUT2D eigenvalue weighted by Gasteiger charge is -2.16. The lowest BCUT2D eigenvalue weighted by molar-refractivity contribution is 0.0699. The van der Waals surface area contributed by atoms with Crippen LogP contribution in [0.15, 0.2) is 41.1 Å². The molecule has 1 aliphatic rings. The molecule has 6 heteroatoms. The van der Waals surface area contributed by atoms with Crippen LogP contribution >= 0.6 is 22.7 Å². The van der Waals surface area contributed by atoms with Gasteiger partial charge in [0.2, 0.25) is 0 Å². The Labute approximate surface area is 159 Å². The van der Waals surface area contributed by atoms with Crippen LogP contribution in [0.3, 0.4) is 0 Å². The molecular weight excluding hydrogens is 366 g/mol. The summed E-state index contributed by atoms with van der Waals surface area (Å²) in [6.45, 7) is 0. The molecule has 2 N–H and O–H groups in total. The lowest BCUT2D eigenvalue weighted by atomic mass is 9.89. The number of hydrogen-bond acceptors (Lipinski definition) is 4. The molecule has 0 bridgehead atoms. The van der Waals surface area contributed by atoms with Gasteiger partial charge in [-0.15, -0.1) is 22.7 Å². The van der Waals surface area contributed by atoms with Gasteiger partial charge < -0.3 is 10.4 Å². The molecule has 2 aromatic heterocycles. The van der Waals surface area contributed by atoms with Crippen molar-refractivity contribution in [1.82, 2.24) is 0 Å². The highest BCUT2D eigenvalue weighted by Crippen LogP contribution is 2.37. The first-order valence-electron chi connectivity index (χ1n) is 8.45. The maximum Gasteiger partial charge on any atom is 0.339 e. The predicted octanol–water partition coefficient (Wildman–Crippen LogP) is 5.31. The molecule has 2 heterocycles. The minimum Gasteiger partial charge on any atom is -0.478 e. The van der Waals surface area contributed by atoms with Gasteiger partial charge in [0, 0.05) is 10.9 Å². The highest BCUT2D eigenvalue weighted by Gasteiger charge is 2.22. The van der Waals surface area contributed by atoms with Crippen molar-refractivity contribution in [2.24, 2.45) is 0 Å². The fourth-order valence-corrected chi connectivity index (χ4v) is 4.92. The van der Waals surface area contributed by atoms with Gasteiger partial charge in [-0.1, -0.05) is 24.3 Å². The van der Waals surface area contributed by atoms with E-state index in [9.17, 15) is 14.7 Å². The van der Waals surface area contributed by atoms with Crippen molar-refractivity contribution in [1.29, 1.82) is 0 Å². The molecule has 0 saturated heterocycles. The van der Waals surface area contributed by atoms with E-state index in [-0.39, 0.29) is 11.5 Å². The summed E-state index contributed by atoms with van der Waals surface area (Å²) >= 11 is 2.58. The zero-order chi connectivity index (χ0) is 18.1. The summed E-state index contributed by atoms with van der Waals surface area (Å²) in [7, 11) is 0. The Hall–Kier alpha value is -2.44. The van der Waals surface area contributed by atoms with E-state index in [1.807, 2.05) is 16.8 Å². The van der Waals surface area contributed by atoms with E-state index < -0.39 is 5.97 Å². The number of benzene rings is 1. The number of rotatable bonds is 4. The number of carbonyl (C=O) groups is 2. The Kier molecular flexibility index (Phi) is 4.61. The van der Waals surface area contributed by atoms with Gasteiger partial charge in [-0.25, -0.2) is 4.79 Å². The van der Waals surface area contributed by atoms with Crippen molar-refractivity contribution in [2.45, 2.75) is 25.7 Å². The van der Waals surface area contributed by atoms with E-state index in [2.05, 4.69) is 17.4 Å². The summed E-state index contributed by atoms with van der Waals surface area (Å²) in [5.41, 5.74) is 4.39. The van der Waals surface area contributed by atoms with E-state index >= 15 is 0 Å². The van der Waals surface area contributed by atoms with Gasteiger partial charge >= 0.3 is 5.97 Å². The van der Waals surface area contributed by atoms with Gasteiger partial charge in [0.25, 0.3) is 5.91 Å². The second kappa shape index (κ2) is 7.05. The summed E-state index contributed by atoms with van der Waals surface area (Å²) in [6, 6.07) is 9.72. The van der Waals surface area contributed by atoms with Crippen LogP contribution in [-0.2, 0) is 12.8 Å². The Morgan fingerprint density at radius 1 is 1.04 bits per heavy atom. The second-order valence-electron chi connectivity index (χ2n) is 6.28. The van der Waals surface area contributed by atoms with Crippen molar-refractivity contribution < 1.29 is 14.7 Å². The van der Waals surface area contributed by atoms with E-state index in [0.29, 0.717) is 15.4 Å². The van der Waals surface area contributed by atoms with Gasteiger partial charge in [0.15, 0.2) is 0 Å². The van der Waals surface area contributed by atoms with E-state index in [1.165, 1.54) is 46.6 Å². The number of carbonyl (C=O) groups excluding carboxylic acids is 1. The first-order valence-corrected chi connectivity index (χ1v) is 10.2. The standard InChI is InChI=1S/C20H17NO3S2/c22-18(16-6-3-9-25-16)21-19-17(20(23)24)15(11-26-19)14-8-7-12-4-1-2-5-13(12)10-14/h3,6-11H,1-2,4-5H2,(H,21,22)(H,23,24). The molecule has 1 aliphatic carbocycles. The molecule has 0 fully saturated rings. The molecule has 4 nitrogen and oxygen atoms in total. The van der Waals surface area contributed by atoms with Gasteiger partial charge in [-0.2, -0.15) is 0 Å². The minimum atomic E-state index is -1.03. The Morgan fingerprint density at radius 3 is 2.58 bits per heavy atom. The van der Waals surface area contributed by atoms with Crippen molar-refractivity contribution in [3.05, 3.63) is 62.7 Å². The summed E-state index contributed by atoms with van der Waals surface area (Å²) in [6.07, 6.45) is 4.52. The number of aromatic carboxylic acids is 1. The molecule has 1 amide bonds. The van der Waals surface area contributed by atoms with Crippen LogP contribution in [0.5, 0.6) is 0 Å². The SMILES string of the molecule is O=C(Nc1scc(-c2ccc3c(c2)CCCC3)c1C(=O)O)c1cccs1. The molecule has 26 heavy (non-hydrogen) atoms. The van der Waals surface area contributed by atoms with Crippen LogP contribution in [0.1, 0.15) is 44.0 Å². The minimum absolute atomic E-state index is 0.163. The summed E-state index contributed by atoms with van der Waals surface area (Å²) < 4.78 is 0. The predicted molar refractivity (Wildman–Crippen MR) is 106 cm³/mol. The number of hydrogen-bond donors (Lipinski definition) is 2. The molecule has 0 saturated carbocycles. The van der Waals surface area contributed by atoms with E-state index in [4.69, 9.17) is 0 Å². The molecular formula is C20H17NO3S2. The average Bonchev–Trinajstić information content (AvgIpc) is 3.31. The van der Waals surface area contributed by atoms with Gasteiger partial charge in [-0.3, -0.25) is 4.79 Å². The average molecular weight is 383 g/mol. The third-order valence-corrected chi connectivity index (χ3v) is 6.40. The van der Waals surface area contributed by atoms with Crippen LogP contribution < -0.4 is 5.32 Å². The Balaban J connectivity index is 1.70. The summed E-state index contributed by atoms with van der Waals surface area (Å²) in [5.74, 6) is -1.30. The molecule has 0 aliphatic heterocycles. The molecule has 3 aromatic rings. The topological polar surface area (TPSA) is 66.4 Å². The maximum atomic E-state index is 12.3. The molecule has 0 spiro atoms. The number of fused-ring (bicyclic) bond motifs is 1. The Bertz CT molecular complexity index is 973. The zero-order valence-electron chi connectivity index (χ0n) is 14.0. The second-order valence-corrected chi connectivity index (χ2v) is 8.11. The van der Waals surface area contributed by atoms with Crippen molar-refractivity contribution in [3.63, 3.8) is 0 Å². The number of amides is 1. The third kappa shape index (κ3) is 3.18. The van der Waals surface area contributed by atoms with Gasteiger partial charge in [-0.05, 0) is 53.8 Å². The molecule has 132 valence electrons. The number of carboxylic acid groups (broad SMARTS) is 1. The first-order chi connectivity index (χ1) is 12.6. The number of aryl methyl sites for hydroxylation is 2. The molecule has 1 aromatic carbocycles. The van der Waals surface area contributed by atoms with Crippen LogP contribution in [-0.4, -0.2) is 17.0 Å². The van der Waals surface area contributed by atoms with Gasteiger partial charge in [0.05, 0.1) is 4.88 Å². The molecule has 4 rings (SSSR count). The van der Waals surface area contributed by atoms with Crippen LogP contribution in [0.2, 0.25) is 0 Å². The van der Waals surface area contributed by atoms with E-state index in [1.54, 1.807) is 12.1 Å². The van der Waals surface area contributed by atoms with Gasteiger partial charge in [0.1, 0.15) is 10.6 Å². The van der Waals surface area contributed by atoms with Crippen LogP contribution in [0.25, 0.3) is 11.1 Å². The molecule has 0 atom stereocenters. The number of nitrogens with one attached hydrogen (secondary N) is 1. The maximum absolute atomic E-state index is 12.3. The summed E-state index contributed by atoms with van der Waals surface area (Å²) in [5, 5.41) is 16.5. The smallest absolute Gasteiger partial charge is 0.339 e. The molecule has 0 radical (unpaired) electrons. The number of anilines is 1. The quantitative estimate of drug-likeness (QED) is 0.642. The first kappa shape index (κ1) is 17.0. The number of thiophene rings is 2. The van der Waals surface area contributed by atoms with Crippen molar-refractivity contribution in [2.75, 3.05) is 5.32 Å². The fraction of sp³-hybridized carbons (Fsp3) is 0.200. The zero-order valence-corrected chi connectivity index (χ0v) is 15.6. The summed E-state index contributed by atoms with van der Waals surface area (Å²) in [4.78, 5) is 24.8. The molecule has 0 unspecified atom stereocenters. The highest BCUT2D eigenvalue weighted by atomic mass is 32.1. The fourth-order valence-electron chi connectivity index (χ4n) is 3.35. The normalized spacial score (nSPS) is 13.2. The number of carboxylic acids is 1. The van der Waals surface area contributed by atoms with Crippen LogP contribution in [0, 0.1) is 0 Å². The Morgan fingerprint density at radius 2 is 1.85 bits per heavy atom. The van der Waals surface area contributed by atoms with E-state index in [0.717, 1.165) is 18.4 Å². The largest absolute Gasteiger partial charge is 0.478 e. The highest BCUT2D eigenvalue weighted by molar-refractivity contribution is 7.15. The van der Waals surface area contributed by atoms with Crippen molar-refractivity contribution >= 4 is 39.6 Å².